The van der Waals surface area contributed by atoms with E-state index in [2.05, 4.69) is 16.9 Å². The molecule has 0 fully saturated rings. The Morgan fingerprint density at radius 2 is 1.91 bits per heavy atom. The minimum Gasteiger partial charge on any atom is -0.236 e. The molecule has 0 N–H and O–H groups in total. The first-order valence-corrected chi connectivity index (χ1v) is 7.58. The number of fused-ring (bicyclic) bond motifs is 1. The predicted molar refractivity (Wildman–Crippen MR) is 77.8 cm³/mol. The van der Waals surface area contributed by atoms with Gasteiger partial charge in [0.05, 0.1) is 0 Å². The first-order valence-electron chi connectivity index (χ1n) is 7.58. The second kappa shape index (κ2) is 6.07. The van der Waals surface area contributed by atoms with Crippen LogP contribution in [0.4, 0.5) is 13.2 Å². The summed E-state index contributed by atoms with van der Waals surface area (Å²) in [5.41, 5.74) is 2.20. The van der Waals surface area contributed by atoms with Crippen LogP contribution in [0.25, 0.3) is 11.4 Å². The minimum atomic E-state index is -1.47. The van der Waals surface area contributed by atoms with E-state index in [0.717, 1.165) is 49.1 Å². The van der Waals surface area contributed by atoms with Gasteiger partial charge in [0.25, 0.3) is 0 Å². The molecule has 1 aromatic heterocycles. The maximum Gasteiger partial charge on any atom is 0.194 e. The topological polar surface area (TPSA) is 25.8 Å². The third-order valence-electron chi connectivity index (χ3n) is 4.19. The monoisotopic (exact) mass is 306 g/mol. The maximum atomic E-state index is 13.3. The van der Waals surface area contributed by atoms with Crippen molar-refractivity contribution in [2.24, 2.45) is 5.92 Å². The molecule has 0 saturated heterocycles. The quantitative estimate of drug-likeness (QED) is 0.782. The van der Waals surface area contributed by atoms with Gasteiger partial charge in [-0.15, -0.1) is 0 Å². The van der Waals surface area contributed by atoms with E-state index in [-0.39, 0.29) is 11.4 Å². The third kappa shape index (κ3) is 2.85. The Morgan fingerprint density at radius 3 is 2.59 bits per heavy atom. The van der Waals surface area contributed by atoms with Gasteiger partial charge in [0.2, 0.25) is 0 Å². The molecule has 0 spiro atoms. The first kappa shape index (κ1) is 15.0. The highest BCUT2D eigenvalue weighted by molar-refractivity contribution is 5.55. The number of nitrogens with zero attached hydrogens (tertiary/aromatic N) is 2. The van der Waals surface area contributed by atoms with Gasteiger partial charge >= 0.3 is 0 Å². The number of rotatable bonds is 3. The molecule has 1 heterocycles. The molecule has 2 aromatic rings. The maximum absolute atomic E-state index is 13.3. The van der Waals surface area contributed by atoms with E-state index in [1.807, 2.05) is 0 Å². The van der Waals surface area contributed by atoms with Crippen molar-refractivity contribution in [1.29, 1.82) is 0 Å². The number of hydrogen-bond donors (Lipinski definition) is 0. The predicted octanol–water partition coefficient (Wildman–Crippen LogP) is 4.47. The molecule has 116 valence electrons. The fraction of sp³-hybridized carbons (Fsp3) is 0.412. The van der Waals surface area contributed by atoms with Crippen LogP contribution in [0, 0.1) is 23.4 Å². The molecule has 0 aliphatic heterocycles. The van der Waals surface area contributed by atoms with Crippen molar-refractivity contribution < 1.29 is 13.2 Å². The van der Waals surface area contributed by atoms with E-state index in [1.165, 1.54) is 6.42 Å². The lowest BCUT2D eigenvalue weighted by Gasteiger charge is -2.23. The molecule has 2 nitrogen and oxygen atoms in total. The van der Waals surface area contributed by atoms with Crippen molar-refractivity contribution in [2.75, 3.05) is 0 Å². The van der Waals surface area contributed by atoms with Crippen molar-refractivity contribution >= 4 is 0 Å². The lowest BCUT2D eigenvalue weighted by Crippen LogP contribution is -2.16. The molecule has 0 saturated carbocycles. The van der Waals surface area contributed by atoms with E-state index in [0.29, 0.717) is 5.92 Å². The largest absolute Gasteiger partial charge is 0.236 e. The molecule has 1 aromatic carbocycles. The summed E-state index contributed by atoms with van der Waals surface area (Å²) in [6.07, 6.45) is 6.96. The van der Waals surface area contributed by atoms with Crippen LogP contribution in [0.3, 0.4) is 0 Å². The van der Waals surface area contributed by atoms with Gasteiger partial charge in [0, 0.05) is 17.5 Å². The summed E-state index contributed by atoms with van der Waals surface area (Å²) in [5, 5.41) is 0. The van der Waals surface area contributed by atoms with Gasteiger partial charge in [-0.2, -0.15) is 0 Å². The molecule has 22 heavy (non-hydrogen) atoms. The van der Waals surface area contributed by atoms with Gasteiger partial charge in [-0.3, -0.25) is 0 Å². The van der Waals surface area contributed by atoms with Gasteiger partial charge < -0.3 is 0 Å². The smallest absolute Gasteiger partial charge is 0.194 e. The standard InChI is InChI=1S/C17H17F3N2/c1-2-3-10-4-5-15-12(6-10)9-21-17(22-15)11-7-13(18)16(20)14(19)8-11/h7-10H,2-6H2,1H3. The van der Waals surface area contributed by atoms with Crippen molar-refractivity contribution in [2.45, 2.75) is 39.0 Å². The Labute approximate surface area is 127 Å². The Bertz CT molecular complexity index is 677. The third-order valence-corrected chi connectivity index (χ3v) is 4.19. The van der Waals surface area contributed by atoms with Crippen LogP contribution in [0.1, 0.15) is 37.4 Å². The fourth-order valence-electron chi connectivity index (χ4n) is 3.06. The zero-order valence-electron chi connectivity index (χ0n) is 12.4. The molecule has 1 unspecified atom stereocenters. The highest BCUT2D eigenvalue weighted by atomic mass is 19.2. The van der Waals surface area contributed by atoms with E-state index in [1.54, 1.807) is 6.20 Å². The molecule has 1 aliphatic rings. The molecule has 0 bridgehead atoms. The average molecular weight is 306 g/mol. The number of aromatic nitrogens is 2. The first-order chi connectivity index (χ1) is 10.6. The van der Waals surface area contributed by atoms with Gasteiger partial charge in [0.15, 0.2) is 23.3 Å². The van der Waals surface area contributed by atoms with Crippen LogP contribution < -0.4 is 0 Å². The highest BCUT2D eigenvalue weighted by Crippen LogP contribution is 2.29. The number of benzene rings is 1. The van der Waals surface area contributed by atoms with Crippen LogP contribution in [-0.4, -0.2) is 9.97 Å². The van der Waals surface area contributed by atoms with Crippen molar-refractivity contribution in [3.8, 4) is 11.4 Å². The molecule has 0 amide bonds. The molecule has 1 atom stereocenters. The van der Waals surface area contributed by atoms with Crippen LogP contribution in [-0.2, 0) is 12.8 Å². The zero-order chi connectivity index (χ0) is 15.7. The summed E-state index contributed by atoms with van der Waals surface area (Å²) < 4.78 is 39.7. The second-order valence-corrected chi connectivity index (χ2v) is 5.82. The van der Waals surface area contributed by atoms with Crippen molar-refractivity contribution in [3.05, 3.63) is 47.0 Å². The molecule has 5 heteroatoms. The minimum absolute atomic E-state index is 0.162. The molecular formula is C17H17F3N2. The van der Waals surface area contributed by atoms with Crippen LogP contribution in [0.15, 0.2) is 18.3 Å². The normalized spacial score (nSPS) is 17.4. The lowest BCUT2D eigenvalue weighted by molar-refractivity contribution is 0.417. The highest BCUT2D eigenvalue weighted by Gasteiger charge is 2.21. The summed E-state index contributed by atoms with van der Waals surface area (Å²) in [5.74, 6) is -3.01. The summed E-state index contributed by atoms with van der Waals surface area (Å²) in [6, 6.07) is 1.87. The van der Waals surface area contributed by atoms with Crippen molar-refractivity contribution in [3.63, 3.8) is 0 Å². The lowest BCUT2D eigenvalue weighted by atomic mass is 9.84. The summed E-state index contributed by atoms with van der Waals surface area (Å²) in [7, 11) is 0. The Morgan fingerprint density at radius 1 is 1.18 bits per heavy atom. The Kier molecular flexibility index (Phi) is 4.14. The summed E-state index contributed by atoms with van der Waals surface area (Å²) in [6.45, 7) is 2.17. The second-order valence-electron chi connectivity index (χ2n) is 5.82. The van der Waals surface area contributed by atoms with E-state index < -0.39 is 17.5 Å². The Hall–Kier alpha value is -1.91. The number of halogens is 3. The molecule has 1 aliphatic carbocycles. The fourth-order valence-corrected chi connectivity index (χ4v) is 3.06. The zero-order valence-corrected chi connectivity index (χ0v) is 12.4. The number of aryl methyl sites for hydroxylation is 1. The SMILES string of the molecule is CCCC1CCc2nc(-c3cc(F)c(F)c(F)c3)ncc2C1. The molecule has 0 radical (unpaired) electrons. The van der Waals surface area contributed by atoms with Gasteiger partial charge in [-0.1, -0.05) is 19.8 Å². The van der Waals surface area contributed by atoms with Gasteiger partial charge in [-0.05, 0) is 42.9 Å². The van der Waals surface area contributed by atoms with E-state index in [4.69, 9.17) is 0 Å². The molecule has 3 rings (SSSR count). The van der Waals surface area contributed by atoms with Gasteiger partial charge in [0.1, 0.15) is 0 Å². The van der Waals surface area contributed by atoms with Crippen molar-refractivity contribution in [1.82, 2.24) is 9.97 Å². The van der Waals surface area contributed by atoms with Gasteiger partial charge in [-0.25, -0.2) is 23.1 Å². The van der Waals surface area contributed by atoms with E-state index in [9.17, 15) is 13.2 Å². The summed E-state index contributed by atoms with van der Waals surface area (Å²) >= 11 is 0. The molecular weight excluding hydrogens is 289 g/mol. The van der Waals surface area contributed by atoms with E-state index >= 15 is 0 Å². The summed E-state index contributed by atoms with van der Waals surface area (Å²) in [4.78, 5) is 8.62. The number of hydrogen-bond acceptors (Lipinski definition) is 2. The van der Waals surface area contributed by atoms with Crippen LogP contribution >= 0.6 is 0 Å². The average Bonchev–Trinajstić information content (AvgIpc) is 2.52. The Balaban J connectivity index is 1.92. The van der Waals surface area contributed by atoms with Crippen LogP contribution in [0.5, 0.6) is 0 Å². The van der Waals surface area contributed by atoms with Crippen LogP contribution in [0.2, 0.25) is 0 Å².